The Morgan fingerprint density at radius 1 is 1.60 bits per heavy atom. The fraction of sp³-hybridized carbons (Fsp3) is 0.500. The minimum atomic E-state index is 0.860. The van der Waals surface area contributed by atoms with Gasteiger partial charge in [0.2, 0.25) is 0 Å². The summed E-state index contributed by atoms with van der Waals surface area (Å²) in [6, 6.07) is 0. The third-order valence-corrected chi connectivity index (χ3v) is 2.64. The van der Waals surface area contributed by atoms with E-state index in [2.05, 4.69) is 18.4 Å². The van der Waals surface area contributed by atoms with Gasteiger partial charge >= 0.3 is 0 Å². The van der Waals surface area contributed by atoms with Gasteiger partial charge in [-0.15, -0.1) is 5.73 Å². The Balaban J connectivity index is 2.25. The summed E-state index contributed by atoms with van der Waals surface area (Å²) in [5.41, 5.74) is 4.34. The van der Waals surface area contributed by atoms with Gasteiger partial charge in [-0.25, -0.2) is 0 Å². The molecule has 0 heteroatoms. The lowest BCUT2D eigenvalue weighted by Crippen LogP contribution is -1.92. The van der Waals surface area contributed by atoms with Crippen LogP contribution in [0, 0.1) is 11.8 Å². The van der Waals surface area contributed by atoms with Gasteiger partial charge in [0, 0.05) is 0 Å². The van der Waals surface area contributed by atoms with Crippen LogP contribution in [-0.2, 0) is 0 Å². The van der Waals surface area contributed by atoms with Crippen molar-refractivity contribution in [3.8, 4) is 0 Å². The summed E-state index contributed by atoms with van der Waals surface area (Å²) in [6.45, 7) is 3.59. The molecule has 1 fully saturated rings. The van der Waals surface area contributed by atoms with Crippen LogP contribution in [0.3, 0.4) is 0 Å². The average molecular weight is 132 g/mol. The largest absolute Gasteiger partial charge is 0.128 e. The topological polar surface area (TPSA) is 0 Å². The number of allylic oxidation sites excluding steroid dienone is 3. The highest BCUT2D eigenvalue weighted by Gasteiger charge is 2.31. The Morgan fingerprint density at radius 2 is 2.50 bits per heavy atom. The smallest absolute Gasteiger partial charge is 0.0153 e. The number of fused-ring (bicyclic) bond motifs is 2. The second kappa shape index (κ2) is 2.14. The standard InChI is InChI=1S/C10H12/c1-2-3-9-6-8-4-5-10(9)7-8/h3,6,8,10H,1,4-5,7H2. The zero-order chi connectivity index (χ0) is 6.97. The highest BCUT2D eigenvalue weighted by molar-refractivity contribution is 5.28. The normalized spacial score (nSPS) is 35.4. The molecule has 2 atom stereocenters. The first-order chi connectivity index (χ1) is 4.90. The molecule has 52 valence electrons. The SMILES string of the molecule is C=C=CC1=CC2CCC1C2. The van der Waals surface area contributed by atoms with Gasteiger partial charge < -0.3 is 0 Å². The van der Waals surface area contributed by atoms with E-state index in [1.54, 1.807) is 0 Å². The van der Waals surface area contributed by atoms with Gasteiger partial charge in [-0.2, -0.15) is 0 Å². The van der Waals surface area contributed by atoms with Crippen LogP contribution in [0.4, 0.5) is 0 Å². The Morgan fingerprint density at radius 3 is 3.00 bits per heavy atom. The fourth-order valence-electron chi connectivity index (χ4n) is 2.16. The minimum absolute atomic E-state index is 0.860. The Kier molecular flexibility index (Phi) is 1.28. The van der Waals surface area contributed by atoms with Crippen LogP contribution < -0.4 is 0 Å². The van der Waals surface area contributed by atoms with Crippen LogP contribution in [-0.4, -0.2) is 0 Å². The Bertz CT molecular complexity index is 216. The summed E-state index contributed by atoms with van der Waals surface area (Å²) in [5.74, 6) is 1.75. The first kappa shape index (κ1) is 6.00. The second-order valence-electron chi connectivity index (χ2n) is 3.29. The maximum Gasteiger partial charge on any atom is -0.0153 e. The molecule has 0 aromatic rings. The van der Waals surface area contributed by atoms with Gasteiger partial charge in [0.25, 0.3) is 0 Å². The van der Waals surface area contributed by atoms with Gasteiger partial charge in [-0.1, -0.05) is 12.7 Å². The highest BCUT2D eigenvalue weighted by atomic mass is 14.4. The average Bonchev–Trinajstić information content (AvgIpc) is 2.48. The van der Waals surface area contributed by atoms with Crippen LogP contribution >= 0.6 is 0 Å². The van der Waals surface area contributed by atoms with Crippen molar-refractivity contribution in [2.24, 2.45) is 11.8 Å². The fourth-order valence-corrected chi connectivity index (χ4v) is 2.16. The van der Waals surface area contributed by atoms with Crippen LogP contribution in [0.25, 0.3) is 0 Å². The molecule has 2 rings (SSSR count). The molecule has 0 spiro atoms. The minimum Gasteiger partial charge on any atom is -0.128 e. The van der Waals surface area contributed by atoms with E-state index in [1.165, 1.54) is 24.8 Å². The Labute approximate surface area is 61.9 Å². The third-order valence-electron chi connectivity index (χ3n) is 2.64. The van der Waals surface area contributed by atoms with Crippen LogP contribution in [0.5, 0.6) is 0 Å². The molecule has 0 saturated heterocycles. The zero-order valence-corrected chi connectivity index (χ0v) is 6.14. The van der Waals surface area contributed by atoms with E-state index >= 15 is 0 Å². The predicted molar refractivity (Wildman–Crippen MR) is 42.6 cm³/mol. The van der Waals surface area contributed by atoms with Gasteiger partial charge in [0.05, 0.1) is 0 Å². The third kappa shape index (κ3) is 0.767. The summed E-state index contributed by atoms with van der Waals surface area (Å²) in [5, 5.41) is 0. The predicted octanol–water partition coefficient (Wildman–Crippen LogP) is 2.68. The van der Waals surface area contributed by atoms with Crippen molar-refractivity contribution >= 4 is 0 Å². The van der Waals surface area contributed by atoms with Crippen LogP contribution in [0.15, 0.2) is 30.0 Å². The molecule has 2 bridgehead atoms. The van der Waals surface area contributed by atoms with Crippen LogP contribution in [0.1, 0.15) is 19.3 Å². The molecule has 0 amide bonds. The summed E-state index contributed by atoms with van der Waals surface area (Å²) >= 11 is 0. The molecular weight excluding hydrogens is 120 g/mol. The molecule has 2 aliphatic rings. The molecule has 2 aliphatic carbocycles. The van der Waals surface area contributed by atoms with Gasteiger partial charge in [0.15, 0.2) is 0 Å². The maximum atomic E-state index is 3.59. The summed E-state index contributed by atoms with van der Waals surface area (Å²) in [7, 11) is 0. The first-order valence-electron chi connectivity index (χ1n) is 3.97. The van der Waals surface area contributed by atoms with Crippen molar-refractivity contribution in [3.05, 3.63) is 30.0 Å². The first-order valence-corrected chi connectivity index (χ1v) is 3.97. The molecule has 10 heavy (non-hydrogen) atoms. The number of rotatable bonds is 1. The van der Waals surface area contributed by atoms with E-state index in [4.69, 9.17) is 0 Å². The second-order valence-corrected chi connectivity index (χ2v) is 3.29. The van der Waals surface area contributed by atoms with Crippen LogP contribution in [0.2, 0.25) is 0 Å². The van der Waals surface area contributed by atoms with E-state index in [1.807, 2.05) is 6.08 Å². The molecule has 1 saturated carbocycles. The summed E-state index contributed by atoms with van der Waals surface area (Å²) in [4.78, 5) is 0. The molecule has 0 radical (unpaired) electrons. The van der Waals surface area contributed by atoms with E-state index in [0.29, 0.717) is 0 Å². The highest BCUT2D eigenvalue weighted by Crippen LogP contribution is 2.43. The number of hydrogen-bond donors (Lipinski definition) is 0. The maximum absolute atomic E-state index is 3.59. The lowest BCUT2D eigenvalue weighted by molar-refractivity contribution is 0.671. The molecule has 0 nitrogen and oxygen atoms in total. The van der Waals surface area contributed by atoms with E-state index in [0.717, 1.165) is 11.8 Å². The molecule has 0 aliphatic heterocycles. The summed E-state index contributed by atoms with van der Waals surface area (Å²) < 4.78 is 0. The van der Waals surface area contributed by atoms with Crippen molar-refractivity contribution in [2.75, 3.05) is 0 Å². The van der Waals surface area contributed by atoms with Gasteiger partial charge in [-0.3, -0.25) is 0 Å². The monoisotopic (exact) mass is 132 g/mol. The molecule has 0 aromatic heterocycles. The lowest BCUT2D eigenvalue weighted by atomic mass is 9.99. The molecular formula is C10H12. The lowest BCUT2D eigenvalue weighted by Gasteiger charge is -2.06. The van der Waals surface area contributed by atoms with E-state index in [9.17, 15) is 0 Å². The van der Waals surface area contributed by atoms with Crippen molar-refractivity contribution in [3.63, 3.8) is 0 Å². The van der Waals surface area contributed by atoms with E-state index in [-0.39, 0.29) is 0 Å². The molecule has 0 heterocycles. The van der Waals surface area contributed by atoms with Gasteiger partial charge in [0.1, 0.15) is 0 Å². The Hall–Kier alpha value is -0.740. The molecule has 0 aromatic carbocycles. The number of hydrogen-bond acceptors (Lipinski definition) is 0. The van der Waals surface area contributed by atoms with Gasteiger partial charge in [-0.05, 0) is 42.7 Å². The van der Waals surface area contributed by atoms with Crippen molar-refractivity contribution in [1.29, 1.82) is 0 Å². The van der Waals surface area contributed by atoms with E-state index < -0.39 is 0 Å². The quantitative estimate of drug-likeness (QED) is 0.481. The zero-order valence-electron chi connectivity index (χ0n) is 6.14. The van der Waals surface area contributed by atoms with Crippen molar-refractivity contribution < 1.29 is 0 Å². The summed E-state index contributed by atoms with van der Waals surface area (Å²) in [6.07, 6.45) is 8.65. The molecule has 0 N–H and O–H groups in total. The van der Waals surface area contributed by atoms with Crippen molar-refractivity contribution in [2.45, 2.75) is 19.3 Å². The molecule has 2 unspecified atom stereocenters. The van der Waals surface area contributed by atoms with Crippen molar-refractivity contribution in [1.82, 2.24) is 0 Å².